The van der Waals surface area contributed by atoms with Crippen molar-refractivity contribution in [3.63, 3.8) is 0 Å². The van der Waals surface area contributed by atoms with Gasteiger partial charge in [-0.25, -0.2) is 4.39 Å². The van der Waals surface area contributed by atoms with E-state index in [-0.39, 0.29) is 5.82 Å². The smallest absolute Gasteiger partial charge is 0.185 e. The van der Waals surface area contributed by atoms with Crippen molar-refractivity contribution in [2.24, 2.45) is 0 Å². The predicted octanol–water partition coefficient (Wildman–Crippen LogP) is 2.52. The van der Waals surface area contributed by atoms with Crippen molar-refractivity contribution in [2.45, 2.75) is 6.29 Å². The maximum absolute atomic E-state index is 12.7. The molecular weight excluding hydrogens is 195 g/mol. The Bertz CT molecular complexity index is 310. The first kappa shape index (κ1) is 8.94. The fourth-order valence-corrected chi connectivity index (χ4v) is 1.49. The molecule has 1 aromatic carbocycles. The quantitative estimate of drug-likeness (QED) is 0.697. The van der Waals surface area contributed by atoms with E-state index in [0.717, 1.165) is 0 Å². The van der Waals surface area contributed by atoms with Crippen LogP contribution in [0.2, 0.25) is 5.02 Å². The summed E-state index contributed by atoms with van der Waals surface area (Å²) in [5.41, 5.74) is 0.681. The van der Waals surface area contributed by atoms with Crippen LogP contribution in [-0.4, -0.2) is 13.2 Å². The average molecular weight is 203 g/mol. The molecule has 0 unspecified atom stereocenters. The first-order chi connectivity index (χ1) is 6.27. The molecule has 1 aromatic rings. The molecule has 0 radical (unpaired) electrons. The molecule has 0 N–H and O–H groups in total. The van der Waals surface area contributed by atoms with Gasteiger partial charge in [-0.3, -0.25) is 0 Å². The van der Waals surface area contributed by atoms with Crippen molar-refractivity contribution >= 4 is 11.6 Å². The lowest BCUT2D eigenvalue weighted by Gasteiger charge is -2.10. The van der Waals surface area contributed by atoms with E-state index in [4.69, 9.17) is 21.1 Å². The molecule has 1 fully saturated rings. The zero-order chi connectivity index (χ0) is 9.26. The topological polar surface area (TPSA) is 18.5 Å². The van der Waals surface area contributed by atoms with E-state index in [0.29, 0.717) is 23.8 Å². The van der Waals surface area contributed by atoms with Gasteiger partial charge in [-0.05, 0) is 18.2 Å². The van der Waals surface area contributed by atoms with Crippen molar-refractivity contribution in [3.05, 3.63) is 34.6 Å². The summed E-state index contributed by atoms with van der Waals surface area (Å²) in [5.74, 6) is -0.355. The summed E-state index contributed by atoms with van der Waals surface area (Å²) >= 11 is 5.81. The van der Waals surface area contributed by atoms with Crippen LogP contribution in [0.3, 0.4) is 0 Å². The van der Waals surface area contributed by atoms with Gasteiger partial charge in [0.1, 0.15) is 5.82 Å². The van der Waals surface area contributed by atoms with Gasteiger partial charge in [-0.1, -0.05) is 11.6 Å². The second-order valence-electron chi connectivity index (χ2n) is 2.74. The summed E-state index contributed by atoms with van der Waals surface area (Å²) in [7, 11) is 0. The fraction of sp³-hybridized carbons (Fsp3) is 0.333. The van der Waals surface area contributed by atoms with E-state index in [1.165, 1.54) is 12.1 Å². The Morgan fingerprint density at radius 1 is 1.31 bits per heavy atom. The van der Waals surface area contributed by atoms with Gasteiger partial charge < -0.3 is 9.47 Å². The van der Waals surface area contributed by atoms with E-state index < -0.39 is 6.29 Å². The average Bonchev–Trinajstić information content (AvgIpc) is 2.56. The van der Waals surface area contributed by atoms with Gasteiger partial charge in [0.2, 0.25) is 0 Å². The Morgan fingerprint density at radius 3 is 2.62 bits per heavy atom. The highest BCUT2D eigenvalue weighted by molar-refractivity contribution is 6.31. The van der Waals surface area contributed by atoms with Crippen LogP contribution in [0.25, 0.3) is 0 Å². The van der Waals surface area contributed by atoms with E-state index in [2.05, 4.69) is 0 Å². The van der Waals surface area contributed by atoms with Crippen LogP contribution >= 0.6 is 11.6 Å². The molecule has 2 rings (SSSR count). The zero-order valence-corrected chi connectivity index (χ0v) is 7.55. The highest BCUT2D eigenvalue weighted by Crippen LogP contribution is 2.29. The molecular formula is C9H8ClFO2. The Balaban J connectivity index is 2.29. The molecule has 0 bridgehead atoms. The van der Waals surface area contributed by atoms with Crippen molar-refractivity contribution in [3.8, 4) is 0 Å². The Hall–Kier alpha value is -0.640. The summed E-state index contributed by atoms with van der Waals surface area (Å²) in [6.07, 6.45) is -0.437. The fourth-order valence-electron chi connectivity index (χ4n) is 1.23. The van der Waals surface area contributed by atoms with Gasteiger partial charge in [0.05, 0.1) is 18.2 Å². The van der Waals surface area contributed by atoms with Gasteiger partial charge in [-0.2, -0.15) is 0 Å². The number of rotatable bonds is 1. The molecule has 1 heterocycles. The van der Waals surface area contributed by atoms with E-state index >= 15 is 0 Å². The van der Waals surface area contributed by atoms with Crippen molar-refractivity contribution in [1.29, 1.82) is 0 Å². The summed E-state index contributed by atoms with van der Waals surface area (Å²) < 4.78 is 23.1. The van der Waals surface area contributed by atoms with Crippen LogP contribution in [-0.2, 0) is 9.47 Å². The number of ether oxygens (including phenoxy) is 2. The number of hydrogen-bond acceptors (Lipinski definition) is 2. The van der Waals surface area contributed by atoms with Gasteiger partial charge in [0.25, 0.3) is 0 Å². The van der Waals surface area contributed by atoms with Gasteiger partial charge in [0.15, 0.2) is 6.29 Å². The van der Waals surface area contributed by atoms with Crippen LogP contribution < -0.4 is 0 Å². The summed E-state index contributed by atoms with van der Waals surface area (Å²) in [4.78, 5) is 0. The lowest BCUT2D eigenvalue weighted by Crippen LogP contribution is -1.98. The highest BCUT2D eigenvalue weighted by atomic mass is 35.5. The van der Waals surface area contributed by atoms with Crippen molar-refractivity contribution in [1.82, 2.24) is 0 Å². The Kier molecular flexibility index (Phi) is 2.49. The molecule has 1 saturated heterocycles. The maximum atomic E-state index is 12.7. The molecule has 0 atom stereocenters. The first-order valence-electron chi connectivity index (χ1n) is 3.95. The van der Waals surface area contributed by atoms with Crippen LogP contribution in [0.1, 0.15) is 11.9 Å². The standard InChI is InChI=1S/C9H8ClFO2/c10-8-5-6(11)1-2-7(8)9-12-3-4-13-9/h1-2,5,9H,3-4H2. The van der Waals surface area contributed by atoms with Crippen molar-refractivity contribution < 1.29 is 13.9 Å². The van der Waals surface area contributed by atoms with Gasteiger partial charge in [-0.15, -0.1) is 0 Å². The number of hydrogen-bond donors (Lipinski definition) is 0. The largest absolute Gasteiger partial charge is 0.346 e. The molecule has 0 saturated carbocycles. The second kappa shape index (κ2) is 3.62. The summed E-state index contributed by atoms with van der Waals surface area (Å²) in [5, 5.41) is 0.340. The van der Waals surface area contributed by atoms with Crippen LogP contribution in [0.15, 0.2) is 18.2 Å². The van der Waals surface area contributed by atoms with E-state index in [1.807, 2.05) is 0 Å². The van der Waals surface area contributed by atoms with E-state index in [1.54, 1.807) is 6.07 Å². The molecule has 70 valence electrons. The number of halogens is 2. The first-order valence-corrected chi connectivity index (χ1v) is 4.33. The van der Waals surface area contributed by atoms with Crippen molar-refractivity contribution in [2.75, 3.05) is 13.2 Å². The lowest BCUT2D eigenvalue weighted by molar-refractivity contribution is -0.0440. The highest BCUT2D eigenvalue weighted by Gasteiger charge is 2.20. The normalized spacial score (nSPS) is 18.0. The number of benzene rings is 1. The Morgan fingerprint density at radius 2 is 2.00 bits per heavy atom. The van der Waals surface area contributed by atoms with Crippen LogP contribution in [0.4, 0.5) is 4.39 Å². The molecule has 0 aliphatic carbocycles. The minimum atomic E-state index is -0.437. The molecule has 0 amide bonds. The third-order valence-electron chi connectivity index (χ3n) is 1.84. The maximum Gasteiger partial charge on any atom is 0.185 e. The second-order valence-corrected chi connectivity index (χ2v) is 3.15. The van der Waals surface area contributed by atoms with E-state index in [9.17, 15) is 4.39 Å². The molecule has 0 spiro atoms. The third kappa shape index (κ3) is 1.82. The van der Waals surface area contributed by atoms with Crippen LogP contribution in [0.5, 0.6) is 0 Å². The minimum absolute atomic E-state index is 0.340. The molecule has 4 heteroatoms. The Labute approximate surface area is 80.2 Å². The molecule has 1 aliphatic heterocycles. The predicted molar refractivity (Wildman–Crippen MR) is 46.1 cm³/mol. The summed E-state index contributed by atoms with van der Waals surface area (Å²) in [6, 6.07) is 4.17. The zero-order valence-electron chi connectivity index (χ0n) is 6.80. The van der Waals surface area contributed by atoms with Gasteiger partial charge in [0, 0.05) is 5.56 Å². The molecule has 2 nitrogen and oxygen atoms in total. The van der Waals surface area contributed by atoms with Gasteiger partial charge >= 0.3 is 0 Å². The SMILES string of the molecule is Fc1ccc(C2OCCO2)c(Cl)c1. The monoisotopic (exact) mass is 202 g/mol. The molecule has 1 aliphatic rings. The third-order valence-corrected chi connectivity index (χ3v) is 2.17. The summed E-state index contributed by atoms with van der Waals surface area (Å²) in [6.45, 7) is 1.11. The van der Waals surface area contributed by atoms with Crippen LogP contribution in [0, 0.1) is 5.82 Å². The lowest BCUT2D eigenvalue weighted by atomic mass is 10.2. The molecule has 13 heavy (non-hydrogen) atoms. The minimum Gasteiger partial charge on any atom is -0.346 e. The molecule has 0 aromatic heterocycles.